The summed E-state index contributed by atoms with van der Waals surface area (Å²) in [5.41, 5.74) is -2.18. The Morgan fingerprint density at radius 3 is 2.42 bits per heavy atom. The summed E-state index contributed by atoms with van der Waals surface area (Å²) in [5.74, 6) is -1.15. The first-order valence-corrected chi connectivity index (χ1v) is 19.3. The summed E-state index contributed by atoms with van der Waals surface area (Å²) in [6.45, 7) is 11.2. The summed E-state index contributed by atoms with van der Waals surface area (Å²) in [5, 5.41) is 4.35. The van der Waals surface area contributed by atoms with Crippen molar-refractivity contribution in [1.82, 2.24) is 24.5 Å². The van der Waals surface area contributed by atoms with Crippen molar-refractivity contribution in [2.45, 2.75) is 82.4 Å². The third-order valence-corrected chi connectivity index (χ3v) is 12.2. The molecule has 2 saturated carbocycles. The fraction of sp³-hybridized carbons (Fsp3) is 0.486. The first-order valence-electron chi connectivity index (χ1n) is 17.4. The second-order valence-electron chi connectivity index (χ2n) is 14.9. The molecule has 1 aliphatic heterocycles. The number of likely N-dealkylation sites (tertiary alicyclic amines) is 1. The van der Waals surface area contributed by atoms with E-state index in [9.17, 15) is 18.0 Å². The molecule has 14 nitrogen and oxygen atoms in total. The molecule has 2 N–H and O–H groups in total. The maximum Gasteiger partial charge on any atom is 0.328 e. The Hall–Kier alpha value is -4.63. The molecule has 4 amide bonds. The smallest absolute Gasteiger partial charge is 0.328 e. The van der Waals surface area contributed by atoms with Crippen molar-refractivity contribution in [2.75, 3.05) is 26.1 Å². The lowest BCUT2D eigenvalue weighted by Crippen LogP contribution is -2.64. The number of nitrogens with one attached hydrogen (secondary N) is 2. The number of halogens is 1. The Morgan fingerprint density at radius 2 is 1.83 bits per heavy atom. The van der Waals surface area contributed by atoms with Crippen LogP contribution in [0.1, 0.15) is 53.4 Å². The summed E-state index contributed by atoms with van der Waals surface area (Å²) in [6.07, 6.45) is 5.20. The van der Waals surface area contributed by atoms with Gasteiger partial charge in [-0.25, -0.2) is 28.1 Å². The Morgan fingerprint density at radius 1 is 1.09 bits per heavy atom. The van der Waals surface area contributed by atoms with Crippen LogP contribution in [0, 0.1) is 11.3 Å². The second-order valence-corrected chi connectivity index (χ2v) is 17.3. The normalized spacial score (nSPS) is 23.2. The number of rotatable bonds is 12. The SMILES string of the molecule is C=C[C@@H]1C[C@@]1(C(=O)NS(=O)(=O)C1CC1)N(C(=O)[C@@H](Nc1ccc(OC)nc1)C(C)(C)C)C(=O)N1C[C@H](Oc2ncc(OC)c3ccc(Cl)cc23)CC1C. The molecule has 0 bridgehead atoms. The minimum atomic E-state index is -4.03. The molecule has 5 atom stereocenters. The molecule has 3 aromatic rings. The Kier molecular flexibility index (Phi) is 10.3. The van der Waals surface area contributed by atoms with Gasteiger partial charge in [0.1, 0.15) is 23.4 Å². The number of carbonyl (C=O) groups is 3. The summed E-state index contributed by atoms with van der Waals surface area (Å²) < 4.78 is 45.4. The highest BCUT2D eigenvalue weighted by Crippen LogP contribution is 2.52. The Labute approximate surface area is 314 Å². The lowest BCUT2D eigenvalue weighted by molar-refractivity contribution is -0.141. The van der Waals surface area contributed by atoms with Gasteiger partial charge < -0.3 is 24.4 Å². The lowest BCUT2D eigenvalue weighted by atomic mass is 9.85. The van der Waals surface area contributed by atoms with E-state index in [0.29, 0.717) is 52.9 Å². The molecule has 1 saturated heterocycles. The highest BCUT2D eigenvalue weighted by molar-refractivity contribution is 7.91. The Balaban J connectivity index is 1.36. The van der Waals surface area contributed by atoms with Gasteiger partial charge in [0, 0.05) is 40.2 Å². The number of urea groups is 1. The minimum absolute atomic E-state index is 0.00558. The number of ether oxygens (including phenoxy) is 3. The van der Waals surface area contributed by atoms with Crippen molar-refractivity contribution in [2.24, 2.45) is 11.3 Å². The number of fused-ring (bicyclic) bond motifs is 1. The van der Waals surface area contributed by atoms with E-state index in [4.69, 9.17) is 25.8 Å². The van der Waals surface area contributed by atoms with E-state index >= 15 is 4.79 Å². The quantitative estimate of drug-likeness (QED) is 0.233. The van der Waals surface area contributed by atoms with Gasteiger partial charge in [0.2, 0.25) is 21.8 Å². The number of nitrogens with zero attached hydrogens (tertiary/aromatic N) is 4. The molecule has 1 aromatic carbocycles. The number of benzene rings is 1. The number of methoxy groups -OCH3 is 2. The number of sulfonamides is 1. The van der Waals surface area contributed by atoms with Crippen LogP contribution in [-0.2, 0) is 19.6 Å². The highest BCUT2D eigenvalue weighted by atomic mass is 35.5. The van der Waals surface area contributed by atoms with Gasteiger partial charge in [-0.3, -0.25) is 14.3 Å². The van der Waals surface area contributed by atoms with Crippen LogP contribution in [0.25, 0.3) is 10.8 Å². The molecule has 3 heterocycles. The average Bonchev–Trinajstić information content (AvgIpc) is 4.04. The van der Waals surface area contributed by atoms with Crippen LogP contribution in [0.5, 0.6) is 17.5 Å². The molecule has 16 heteroatoms. The number of pyridine rings is 2. The van der Waals surface area contributed by atoms with Gasteiger partial charge in [-0.15, -0.1) is 6.58 Å². The molecule has 2 aromatic heterocycles. The van der Waals surface area contributed by atoms with Crippen molar-refractivity contribution in [3.8, 4) is 17.5 Å². The van der Waals surface area contributed by atoms with Gasteiger partial charge in [-0.2, -0.15) is 0 Å². The van der Waals surface area contributed by atoms with Crippen molar-refractivity contribution in [1.29, 1.82) is 0 Å². The van der Waals surface area contributed by atoms with Crippen molar-refractivity contribution in [3.63, 3.8) is 0 Å². The van der Waals surface area contributed by atoms with E-state index in [0.717, 1.165) is 10.3 Å². The topological polar surface area (TPSA) is 169 Å². The van der Waals surface area contributed by atoms with E-state index in [-0.39, 0.29) is 13.0 Å². The van der Waals surface area contributed by atoms with E-state index in [1.807, 2.05) is 33.8 Å². The number of amides is 4. The lowest BCUT2D eigenvalue weighted by Gasteiger charge is -2.40. The molecular weight excluding hydrogens is 724 g/mol. The maximum absolute atomic E-state index is 15.0. The third-order valence-electron chi connectivity index (χ3n) is 10.1. The van der Waals surface area contributed by atoms with E-state index in [1.54, 1.807) is 37.6 Å². The molecular formula is C37H45ClN6O8S. The van der Waals surface area contributed by atoms with Crippen molar-refractivity contribution >= 4 is 55.9 Å². The first kappa shape index (κ1) is 38.1. The van der Waals surface area contributed by atoms with E-state index < -0.39 is 68.2 Å². The van der Waals surface area contributed by atoms with Crippen LogP contribution < -0.4 is 24.2 Å². The monoisotopic (exact) mass is 768 g/mol. The van der Waals surface area contributed by atoms with Gasteiger partial charge in [-0.05, 0) is 55.9 Å². The minimum Gasteiger partial charge on any atom is -0.494 e. The molecule has 3 fully saturated rings. The molecule has 53 heavy (non-hydrogen) atoms. The number of hydrogen-bond acceptors (Lipinski definition) is 11. The van der Waals surface area contributed by atoms with Gasteiger partial charge in [0.15, 0.2) is 0 Å². The summed E-state index contributed by atoms with van der Waals surface area (Å²) in [6, 6.07) is 6.32. The van der Waals surface area contributed by atoms with E-state index in [1.165, 1.54) is 24.3 Å². The van der Waals surface area contributed by atoms with Crippen LogP contribution in [0.4, 0.5) is 10.5 Å². The van der Waals surface area contributed by atoms with Gasteiger partial charge in [-0.1, -0.05) is 38.4 Å². The highest BCUT2D eigenvalue weighted by Gasteiger charge is 2.68. The number of aromatic nitrogens is 2. The fourth-order valence-corrected chi connectivity index (χ4v) is 8.42. The van der Waals surface area contributed by atoms with Crippen molar-refractivity contribution in [3.05, 3.63) is 60.4 Å². The predicted octanol–water partition coefficient (Wildman–Crippen LogP) is 5.17. The maximum atomic E-state index is 15.0. The third kappa shape index (κ3) is 7.45. The van der Waals surface area contributed by atoms with Crippen molar-refractivity contribution < 1.29 is 37.0 Å². The summed E-state index contributed by atoms with van der Waals surface area (Å²) >= 11 is 6.33. The molecule has 6 rings (SSSR count). The van der Waals surface area contributed by atoms with Gasteiger partial charge in [0.25, 0.3) is 11.8 Å². The van der Waals surface area contributed by atoms with E-state index in [2.05, 4.69) is 26.6 Å². The van der Waals surface area contributed by atoms with Gasteiger partial charge in [0.05, 0.1) is 44.1 Å². The molecule has 3 aliphatic rings. The number of imide groups is 1. The van der Waals surface area contributed by atoms with Gasteiger partial charge >= 0.3 is 6.03 Å². The van der Waals surface area contributed by atoms with Crippen LogP contribution >= 0.6 is 11.6 Å². The average molecular weight is 769 g/mol. The zero-order chi connectivity index (χ0) is 38.5. The van der Waals surface area contributed by atoms with Crippen LogP contribution in [-0.4, -0.2) is 95.8 Å². The second kappa shape index (κ2) is 14.3. The standard InChI is InChI=1S/C37H45ClN6O8S/c1-8-22-17-37(22,34(46)42-53(48,49)26-11-12-26)44(33(45)31(36(3,4)5)41-24-10-14-30(51-7)39-18-24)35(47)43-20-25(15-21(43)2)52-32-28-16-23(38)9-13-27(28)29(50-6)19-40-32/h8-10,13-14,16,18-19,21-22,25-26,31,41H,1,11-12,15,17,20H2,2-7H3,(H,42,46)/t21?,22-,25-,31-,37-/m1/s1. The summed E-state index contributed by atoms with van der Waals surface area (Å²) in [7, 11) is -0.999. The molecule has 0 radical (unpaired) electrons. The first-order chi connectivity index (χ1) is 25.0. The number of anilines is 1. The fourth-order valence-electron chi connectivity index (χ4n) is 6.89. The molecule has 1 unspecified atom stereocenters. The molecule has 0 spiro atoms. The molecule has 2 aliphatic carbocycles. The number of carbonyl (C=O) groups excluding carboxylic acids is 3. The zero-order valence-corrected chi connectivity index (χ0v) is 32.2. The Bertz CT molecular complexity index is 2040. The predicted molar refractivity (Wildman–Crippen MR) is 200 cm³/mol. The molecule has 284 valence electrons. The van der Waals surface area contributed by atoms with Crippen LogP contribution in [0.15, 0.2) is 55.4 Å². The number of hydrogen-bond donors (Lipinski definition) is 2. The van der Waals surface area contributed by atoms with Crippen LogP contribution in [0.2, 0.25) is 5.02 Å². The zero-order valence-electron chi connectivity index (χ0n) is 30.6. The summed E-state index contributed by atoms with van der Waals surface area (Å²) in [4.78, 5) is 55.4. The van der Waals surface area contributed by atoms with Crippen LogP contribution in [0.3, 0.4) is 0 Å². The largest absolute Gasteiger partial charge is 0.494 e.